The number of benzene rings is 1. The van der Waals surface area contributed by atoms with E-state index in [1.54, 1.807) is 30.4 Å². The maximum absolute atomic E-state index is 11.7. The predicted molar refractivity (Wildman–Crippen MR) is 105 cm³/mol. The standard InChI is InChI=1S/C17H18N2O2S3/c1-2-21-16(20)12-5-7-13(8-6-12)18-17(22)19-9-11-24-15(19)14-4-3-10-23-14/h3-8,10,15H,2,9,11H2,1H3,(H,18,22)/t15-/m0/s1. The molecule has 3 rings (SSSR count). The highest BCUT2D eigenvalue weighted by Gasteiger charge is 2.29. The van der Waals surface area contributed by atoms with Gasteiger partial charge >= 0.3 is 5.97 Å². The quantitative estimate of drug-likeness (QED) is 0.629. The van der Waals surface area contributed by atoms with Crippen LogP contribution in [0.25, 0.3) is 0 Å². The highest BCUT2D eigenvalue weighted by atomic mass is 32.2. The van der Waals surface area contributed by atoms with E-state index in [-0.39, 0.29) is 11.3 Å². The number of ether oxygens (including phenoxy) is 1. The normalized spacial score (nSPS) is 16.9. The number of hydrogen-bond donors (Lipinski definition) is 1. The molecule has 1 fully saturated rings. The lowest BCUT2D eigenvalue weighted by atomic mass is 10.2. The van der Waals surface area contributed by atoms with Crippen LogP contribution in [0.5, 0.6) is 0 Å². The zero-order chi connectivity index (χ0) is 16.9. The summed E-state index contributed by atoms with van der Waals surface area (Å²) in [6, 6.07) is 11.4. The molecule has 1 aliphatic heterocycles. The van der Waals surface area contributed by atoms with Crippen LogP contribution in [0.15, 0.2) is 41.8 Å². The van der Waals surface area contributed by atoms with E-state index >= 15 is 0 Å². The van der Waals surface area contributed by atoms with Crippen LogP contribution in [0.4, 0.5) is 5.69 Å². The smallest absolute Gasteiger partial charge is 0.338 e. The maximum Gasteiger partial charge on any atom is 0.338 e. The first-order valence-corrected chi connectivity index (χ1v) is 10.0. The second-order valence-corrected chi connectivity index (χ2v) is 7.71. The molecule has 4 nitrogen and oxygen atoms in total. The third-order valence-corrected chi connectivity index (χ3v) is 6.24. The molecule has 0 amide bonds. The fourth-order valence-corrected chi connectivity index (χ4v) is 5.07. The van der Waals surface area contributed by atoms with E-state index in [1.807, 2.05) is 23.9 Å². The van der Waals surface area contributed by atoms with Crippen molar-refractivity contribution in [2.75, 3.05) is 24.2 Å². The number of nitrogens with one attached hydrogen (secondary N) is 1. The summed E-state index contributed by atoms with van der Waals surface area (Å²) in [4.78, 5) is 15.2. The molecule has 0 unspecified atom stereocenters. The van der Waals surface area contributed by atoms with Gasteiger partial charge in [0.25, 0.3) is 0 Å². The van der Waals surface area contributed by atoms with Gasteiger partial charge in [-0.25, -0.2) is 4.79 Å². The number of thioether (sulfide) groups is 1. The van der Waals surface area contributed by atoms with Crippen molar-refractivity contribution in [1.82, 2.24) is 4.90 Å². The summed E-state index contributed by atoms with van der Waals surface area (Å²) in [5.74, 6) is 0.756. The zero-order valence-electron chi connectivity index (χ0n) is 13.2. The molecule has 2 heterocycles. The van der Waals surface area contributed by atoms with E-state index in [9.17, 15) is 4.79 Å². The molecule has 0 saturated carbocycles. The number of esters is 1. The Labute approximate surface area is 155 Å². The summed E-state index contributed by atoms with van der Waals surface area (Å²) in [5.41, 5.74) is 1.41. The lowest BCUT2D eigenvalue weighted by Crippen LogP contribution is -2.33. The van der Waals surface area contributed by atoms with Crippen LogP contribution in [0.3, 0.4) is 0 Å². The van der Waals surface area contributed by atoms with Crippen molar-refractivity contribution in [2.24, 2.45) is 0 Å². The van der Waals surface area contributed by atoms with E-state index in [0.717, 1.165) is 18.0 Å². The van der Waals surface area contributed by atoms with Crippen molar-refractivity contribution in [3.05, 3.63) is 52.2 Å². The Morgan fingerprint density at radius 3 is 2.83 bits per heavy atom. The molecule has 24 heavy (non-hydrogen) atoms. The Morgan fingerprint density at radius 1 is 1.38 bits per heavy atom. The van der Waals surface area contributed by atoms with Gasteiger partial charge in [-0.05, 0) is 54.9 Å². The molecule has 0 spiro atoms. The fraction of sp³-hybridized carbons (Fsp3) is 0.294. The topological polar surface area (TPSA) is 41.6 Å². The Balaban J connectivity index is 1.65. The first kappa shape index (κ1) is 17.3. The van der Waals surface area contributed by atoms with Crippen molar-refractivity contribution < 1.29 is 9.53 Å². The molecule has 1 N–H and O–H groups in total. The third kappa shape index (κ3) is 3.91. The first-order chi connectivity index (χ1) is 11.7. The van der Waals surface area contributed by atoms with Crippen molar-refractivity contribution in [3.63, 3.8) is 0 Å². The summed E-state index contributed by atoms with van der Waals surface area (Å²) < 4.78 is 4.99. The zero-order valence-corrected chi connectivity index (χ0v) is 15.7. The summed E-state index contributed by atoms with van der Waals surface area (Å²) >= 11 is 9.25. The van der Waals surface area contributed by atoms with E-state index < -0.39 is 0 Å². The second-order valence-electron chi connectivity index (χ2n) is 5.16. The van der Waals surface area contributed by atoms with Crippen LogP contribution in [0.2, 0.25) is 0 Å². The fourth-order valence-electron chi connectivity index (χ4n) is 2.44. The summed E-state index contributed by atoms with van der Waals surface area (Å²) in [5, 5.41) is 6.36. The second kappa shape index (κ2) is 8.00. The van der Waals surface area contributed by atoms with Gasteiger partial charge in [0, 0.05) is 22.9 Å². The van der Waals surface area contributed by atoms with E-state index in [4.69, 9.17) is 17.0 Å². The van der Waals surface area contributed by atoms with Gasteiger partial charge in [0.05, 0.1) is 12.2 Å². The Hall–Kier alpha value is -1.57. The van der Waals surface area contributed by atoms with Gasteiger partial charge in [0.2, 0.25) is 0 Å². The van der Waals surface area contributed by atoms with Crippen LogP contribution >= 0.6 is 35.3 Å². The third-order valence-electron chi connectivity index (χ3n) is 3.59. The van der Waals surface area contributed by atoms with Crippen LogP contribution < -0.4 is 5.32 Å². The number of carbonyl (C=O) groups excluding carboxylic acids is 1. The van der Waals surface area contributed by atoms with E-state index in [0.29, 0.717) is 17.3 Å². The largest absolute Gasteiger partial charge is 0.462 e. The summed E-state index contributed by atoms with van der Waals surface area (Å²) in [7, 11) is 0. The van der Waals surface area contributed by atoms with Gasteiger partial charge in [-0.1, -0.05) is 6.07 Å². The molecule has 0 aliphatic carbocycles. The first-order valence-electron chi connectivity index (χ1n) is 7.69. The molecule has 7 heteroatoms. The highest BCUT2D eigenvalue weighted by molar-refractivity contribution is 7.99. The Bertz CT molecular complexity index is 701. The molecule has 126 valence electrons. The van der Waals surface area contributed by atoms with Crippen LogP contribution in [0, 0.1) is 0 Å². The number of carbonyl (C=O) groups is 1. The molecule has 1 aromatic heterocycles. The highest BCUT2D eigenvalue weighted by Crippen LogP contribution is 2.40. The predicted octanol–water partition coefficient (Wildman–Crippen LogP) is 4.37. The number of hydrogen-bond acceptors (Lipinski definition) is 5. The Kier molecular flexibility index (Phi) is 5.76. The van der Waals surface area contributed by atoms with Crippen molar-refractivity contribution >= 4 is 52.1 Å². The van der Waals surface area contributed by atoms with Crippen molar-refractivity contribution in [2.45, 2.75) is 12.3 Å². The van der Waals surface area contributed by atoms with E-state index in [1.165, 1.54) is 4.88 Å². The number of nitrogens with zero attached hydrogens (tertiary/aromatic N) is 1. The van der Waals surface area contributed by atoms with Crippen LogP contribution in [0.1, 0.15) is 27.5 Å². The minimum atomic E-state index is -0.305. The van der Waals surface area contributed by atoms with Gasteiger partial charge < -0.3 is 15.0 Å². The van der Waals surface area contributed by atoms with Gasteiger partial charge in [-0.15, -0.1) is 23.1 Å². The minimum absolute atomic E-state index is 0.281. The molecular formula is C17H18N2O2S3. The SMILES string of the molecule is CCOC(=O)c1ccc(NC(=S)N2CCS[C@H]2c2cccs2)cc1. The molecule has 1 atom stereocenters. The maximum atomic E-state index is 11.7. The molecular weight excluding hydrogens is 360 g/mol. The summed E-state index contributed by atoms with van der Waals surface area (Å²) in [6.07, 6.45) is 0. The number of anilines is 1. The van der Waals surface area contributed by atoms with E-state index in [2.05, 4.69) is 27.7 Å². The van der Waals surface area contributed by atoms with Crippen LogP contribution in [-0.4, -0.2) is 34.9 Å². The number of thiophene rings is 1. The monoisotopic (exact) mass is 378 g/mol. The minimum Gasteiger partial charge on any atom is -0.462 e. The number of thiocarbonyl (C=S) groups is 1. The lowest BCUT2D eigenvalue weighted by molar-refractivity contribution is 0.0526. The van der Waals surface area contributed by atoms with Crippen LogP contribution in [-0.2, 0) is 4.74 Å². The summed E-state index contributed by atoms with van der Waals surface area (Å²) in [6.45, 7) is 3.10. The lowest BCUT2D eigenvalue weighted by Gasteiger charge is -2.26. The molecule has 2 aromatic rings. The van der Waals surface area contributed by atoms with Gasteiger partial charge in [-0.3, -0.25) is 0 Å². The number of rotatable bonds is 4. The molecule has 1 saturated heterocycles. The average molecular weight is 379 g/mol. The Morgan fingerprint density at radius 2 is 2.17 bits per heavy atom. The molecule has 0 radical (unpaired) electrons. The van der Waals surface area contributed by atoms with Gasteiger partial charge in [0.1, 0.15) is 5.37 Å². The molecule has 1 aromatic carbocycles. The van der Waals surface area contributed by atoms with Gasteiger partial charge in [-0.2, -0.15) is 0 Å². The van der Waals surface area contributed by atoms with Crippen molar-refractivity contribution in [1.29, 1.82) is 0 Å². The molecule has 1 aliphatic rings. The van der Waals surface area contributed by atoms with Gasteiger partial charge in [0.15, 0.2) is 5.11 Å². The average Bonchev–Trinajstić information content (AvgIpc) is 3.26. The van der Waals surface area contributed by atoms with Crippen molar-refractivity contribution in [3.8, 4) is 0 Å². The molecule has 0 bridgehead atoms.